The van der Waals surface area contributed by atoms with Crippen molar-refractivity contribution in [2.24, 2.45) is 5.92 Å². The van der Waals surface area contributed by atoms with Crippen LogP contribution in [0, 0.1) is 11.7 Å². The highest BCUT2D eigenvalue weighted by Gasteiger charge is 2.17. The molecule has 4 nitrogen and oxygen atoms in total. The monoisotopic (exact) mass is 295 g/mol. The first-order chi connectivity index (χ1) is 9.72. The van der Waals surface area contributed by atoms with Crippen LogP contribution in [0.2, 0.25) is 5.02 Å². The van der Waals surface area contributed by atoms with Gasteiger partial charge in [0.1, 0.15) is 5.82 Å². The van der Waals surface area contributed by atoms with Crippen molar-refractivity contribution < 1.29 is 8.91 Å². The highest BCUT2D eigenvalue weighted by atomic mass is 35.5. The van der Waals surface area contributed by atoms with E-state index in [0.717, 1.165) is 19.5 Å². The molecule has 0 saturated carbocycles. The first-order valence-corrected chi connectivity index (χ1v) is 7.09. The lowest BCUT2D eigenvalue weighted by molar-refractivity contribution is 0.360. The number of hydrogen-bond donors (Lipinski definition) is 1. The molecule has 20 heavy (non-hydrogen) atoms. The van der Waals surface area contributed by atoms with Gasteiger partial charge in [-0.1, -0.05) is 16.8 Å². The highest BCUT2D eigenvalue weighted by Crippen LogP contribution is 2.23. The largest absolute Gasteiger partial charge is 0.334 e. The maximum Gasteiger partial charge on any atom is 0.258 e. The number of hydrogen-bond acceptors (Lipinski definition) is 4. The molecule has 0 bridgehead atoms. The van der Waals surface area contributed by atoms with Crippen LogP contribution in [0.4, 0.5) is 4.39 Å². The molecular weight excluding hydrogens is 281 g/mol. The minimum atomic E-state index is -0.486. The maximum atomic E-state index is 13.4. The van der Waals surface area contributed by atoms with E-state index in [2.05, 4.69) is 15.5 Å². The Morgan fingerprint density at radius 1 is 1.45 bits per heavy atom. The molecule has 6 heteroatoms. The summed E-state index contributed by atoms with van der Waals surface area (Å²) in [5.74, 6) is 1.06. The highest BCUT2D eigenvalue weighted by molar-refractivity contribution is 6.30. The van der Waals surface area contributed by atoms with Gasteiger partial charge in [0, 0.05) is 12.0 Å². The average molecular weight is 296 g/mol. The predicted molar refractivity (Wildman–Crippen MR) is 74.0 cm³/mol. The zero-order valence-electron chi connectivity index (χ0n) is 10.9. The molecule has 1 atom stereocenters. The second-order valence-electron chi connectivity index (χ2n) is 5.06. The van der Waals surface area contributed by atoms with E-state index in [1.807, 2.05) is 0 Å². The van der Waals surface area contributed by atoms with Crippen molar-refractivity contribution in [3.05, 3.63) is 34.9 Å². The van der Waals surface area contributed by atoms with E-state index >= 15 is 0 Å². The number of nitrogens with zero attached hydrogens (tertiary/aromatic N) is 2. The molecule has 0 radical (unpaired) electrons. The van der Waals surface area contributed by atoms with E-state index in [0.29, 0.717) is 23.2 Å². The molecule has 0 spiro atoms. The summed E-state index contributed by atoms with van der Waals surface area (Å²) in [6, 6.07) is 4.47. The van der Waals surface area contributed by atoms with E-state index in [1.54, 1.807) is 6.07 Å². The van der Waals surface area contributed by atoms with Gasteiger partial charge in [0.2, 0.25) is 0 Å². The second kappa shape index (κ2) is 5.89. The molecule has 3 rings (SSSR count). The number of piperidine rings is 1. The molecule has 1 unspecified atom stereocenters. The summed E-state index contributed by atoms with van der Waals surface area (Å²) in [6.45, 7) is 2.07. The van der Waals surface area contributed by atoms with Crippen LogP contribution < -0.4 is 5.32 Å². The molecule has 1 aromatic carbocycles. The number of halogens is 2. The van der Waals surface area contributed by atoms with Gasteiger partial charge in [0.25, 0.3) is 5.89 Å². The van der Waals surface area contributed by atoms with Gasteiger partial charge >= 0.3 is 0 Å². The number of aromatic nitrogens is 2. The van der Waals surface area contributed by atoms with Gasteiger partial charge in [-0.25, -0.2) is 4.39 Å². The standard InChI is InChI=1S/C14H15ClFN3O/c15-11-4-3-10(7-12(11)16)14-18-13(19-20-14)6-9-2-1-5-17-8-9/h3-4,7,9,17H,1-2,5-6,8H2. The Kier molecular flexibility index (Phi) is 3.98. The maximum absolute atomic E-state index is 13.4. The summed E-state index contributed by atoms with van der Waals surface area (Å²) in [5, 5.41) is 7.41. The van der Waals surface area contributed by atoms with Gasteiger partial charge in [-0.05, 0) is 50.0 Å². The van der Waals surface area contributed by atoms with Crippen LogP contribution in [0.15, 0.2) is 22.7 Å². The van der Waals surface area contributed by atoms with E-state index in [4.69, 9.17) is 16.1 Å². The lowest BCUT2D eigenvalue weighted by Crippen LogP contribution is -2.31. The van der Waals surface area contributed by atoms with E-state index < -0.39 is 5.82 Å². The fourth-order valence-corrected chi connectivity index (χ4v) is 2.56. The Labute approximate surface area is 121 Å². The zero-order chi connectivity index (χ0) is 13.9. The van der Waals surface area contributed by atoms with Crippen LogP contribution in [-0.2, 0) is 6.42 Å². The molecular formula is C14H15ClFN3O. The number of nitrogens with one attached hydrogen (secondary N) is 1. The SMILES string of the molecule is Fc1cc(-c2nc(CC3CCCNC3)no2)ccc1Cl. The molecule has 2 aromatic rings. The molecule has 1 saturated heterocycles. The quantitative estimate of drug-likeness (QED) is 0.945. The minimum absolute atomic E-state index is 0.0850. The Bertz CT molecular complexity index is 596. The van der Waals surface area contributed by atoms with Crippen LogP contribution in [0.5, 0.6) is 0 Å². The van der Waals surface area contributed by atoms with E-state index in [9.17, 15) is 4.39 Å². The van der Waals surface area contributed by atoms with Crippen molar-refractivity contribution in [1.29, 1.82) is 0 Å². The molecule has 106 valence electrons. The summed E-state index contributed by atoms with van der Waals surface area (Å²) in [4.78, 5) is 4.33. The van der Waals surface area contributed by atoms with Crippen LogP contribution in [0.25, 0.3) is 11.5 Å². The lowest BCUT2D eigenvalue weighted by Gasteiger charge is -2.20. The van der Waals surface area contributed by atoms with Crippen molar-refractivity contribution >= 4 is 11.6 Å². The average Bonchev–Trinajstić information content (AvgIpc) is 2.91. The Morgan fingerprint density at radius 2 is 2.35 bits per heavy atom. The van der Waals surface area contributed by atoms with Crippen LogP contribution >= 0.6 is 11.6 Å². The normalized spacial score (nSPS) is 19.2. The van der Waals surface area contributed by atoms with Crippen LogP contribution in [0.1, 0.15) is 18.7 Å². The third kappa shape index (κ3) is 2.99. The fraction of sp³-hybridized carbons (Fsp3) is 0.429. The molecule has 1 aliphatic heterocycles. The molecule has 0 amide bonds. The molecule has 2 heterocycles. The third-order valence-corrected chi connectivity index (χ3v) is 3.81. The fourth-order valence-electron chi connectivity index (χ4n) is 2.44. The summed E-state index contributed by atoms with van der Waals surface area (Å²) in [6.07, 6.45) is 3.14. The molecule has 1 fully saturated rings. The van der Waals surface area contributed by atoms with Gasteiger partial charge in [0.15, 0.2) is 5.82 Å². The molecule has 0 aliphatic carbocycles. The minimum Gasteiger partial charge on any atom is -0.334 e. The van der Waals surface area contributed by atoms with Gasteiger partial charge < -0.3 is 9.84 Å². The Hall–Kier alpha value is -1.46. The first-order valence-electron chi connectivity index (χ1n) is 6.71. The predicted octanol–water partition coefficient (Wildman–Crippen LogP) is 3.07. The van der Waals surface area contributed by atoms with Crippen molar-refractivity contribution in [2.75, 3.05) is 13.1 Å². The van der Waals surface area contributed by atoms with Crippen molar-refractivity contribution in [3.63, 3.8) is 0 Å². The topological polar surface area (TPSA) is 51.0 Å². The Morgan fingerprint density at radius 3 is 3.10 bits per heavy atom. The van der Waals surface area contributed by atoms with Gasteiger partial charge in [-0.3, -0.25) is 0 Å². The zero-order valence-corrected chi connectivity index (χ0v) is 11.7. The molecule has 1 N–H and O–H groups in total. The summed E-state index contributed by atoms with van der Waals surface area (Å²) in [7, 11) is 0. The number of benzene rings is 1. The van der Waals surface area contributed by atoms with Crippen molar-refractivity contribution in [3.8, 4) is 11.5 Å². The summed E-state index contributed by atoms with van der Waals surface area (Å²) >= 11 is 5.65. The molecule has 1 aromatic heterocycles. The summed E-state index contributed by atoms with van der Waals surface area (Å²) < 4.78 is 18.6. The van der Waals surface area contributed by atoms with Crippen molar-refractivity contribution in [2.45, 2.75) is 19.3 Å². The van der Waals surface area contributed by atoms with Gasteiger partial charge in [0.05, 0.1) is 5.02 Å². The Balaban J connectivity index is 1.73. The summed E-state index contributed by atoms with van der Waals surface area (Å²) in [5.41, 5.74) is 0.549. The second-order valence-corrected chi connectivity index (χ2v) is 5.47. The van der Waals surface area contributed by atoms with Crippen LogP contribution in [-0.4, -0.2) is 23.2 Å². The first kappa shape index (κ1) is 13.5. The van der Waals surface area contributed by atoms with Gasteiger partial charge in [-0.15, -0.1) is 0 Å². The van der Waals surface area contributed by atoms with E-state index in [1.165, 1.54) is 25.0 Å². The molecule has 1 aliphatic rings. The van der Waals surface area contributed by atoms with E-state index in [-0.39, 0.29) is 5.02 Å². The van der Waals surface area contributed by atoms with Gasteiger partial charge in [-0.2, -0.15) is 4.98 Å². The smallest absolute Gasteiger partial charge is 0.258 e. The lowest BCUT2D eigenvalue weighted by atomic mass is 9.96. The number of rotatable bonds is 3. The third-order valence-electron chi connectivity index (χ3n) is 3.50. The van der Waals surface area contributed by atoms with Crippen molar-refractivity contribution in [1.82, 2.24) is 15.5 Å². The van der Waals surface area contributed by atoms with Crippen LogP contribution in [0.3, 0.4) is 0 Å².